The molecule has 3 aromatic heterocycles. The normalized spacial score (nSPS) is 16.7. The Morgan fingerprint density at radius 1 is 1.33 bits per heavy atom. The Bertz CT molecular complexity index is 1000. The molecule has 30 heavy (non-hydrogen) atoms. The molecule has 1 unspecified atom stereocenters. The highest BCUT2D eigenvalue weighted by Crippen LogP contribution is 2.29. The summed E-state index contributed by atoms with van der Waals surface area (Å²) in [6, 6.07) is 5.61. The van der Waals surface area contributed by atoms with E-state index in [1.807, 2.05) is 12.3 Å². The largest absolute Gasteiger partial charge is 0.396 e. The first kappa shape index (κ1) is 20.3. The van der Waals surface area contributed by atoms with Crippen LogP contribution in [0.15, 0.2) is 36.8 Å². The van der Waals surface area contributed by atoms with Gasteiger partial charge in [0.1, 0.15) is 11.6 Å². The number of carbonyl (C=O) groups excluding carboxylic acids is 1. The van der Waals surface area contributed by atoms with Crippen LogP contribution in [0.3, 0.4) is 0 Å². The van der Waals surface area contributed by atoms with Gasteiger partial charge in [0.25, 0.3) is 5.91 Å². The third-order valence-electron chi connectivity index (χ3n) is 5.60. The SMILES string of the molecule is CCCc1cnn2c(NC(=O)c3cccnc3)cc(N3CCCCC3CCO)nc12. The molecule has 0 aromatic carbocycles. The number of aliphatic hydroxyl groups excluding tert-OH is 1. The molecule has 0 aliphatic carbocycles. The number of nitrogens with zero attached hydrogens (tertiary/aromatic N) is 5. The molecule has 4 rings (SSSR count). The summed E-state index contributed by atoms with van der Waals surface area (Å²) in [6.45, 7) is 3.17. The molecule has 8 heteroatoms. The molecule has 0 radical (unpaired) electrons. The zero-order valence-corrected chi connectivity index (χ0v) is 17.3. The van der Waals surface area contributed by atoms with Crippen molar-refractivity contribution < 1.29 is 9.90 Å². The molecule has 8 nitrogen and oxygen atoms in total. The Hall–Kier alpha value is -3.00. The Morgan fingerprint density at radius 2 is 2.23 bits per heavy atom. The number of amides is 1. The molecule has 0 saturated carbocycles. The maximum Gasteiger partial charge on any atom is 0.258 e. The summed E-state index contributed by atoms with van der Waals surface area (Å²) in [4.78, 5) is 24.0. The Balaban J connectivity index is 1.75. The van der Waals surface area contributed by atoms with Crippen LogP contribution in [0.5, 0.6) is 0 Å². The molecule has 4 heterocycles. The Morgan fingerprint density at radius 3 is 3.00 bits per heavy atom. The molecule has 1 fully saturated rings. The average Bonchev–Trinajstić information content (AvgIpc) is 3.18. The number of aromatic nitrogens is 4. The highest BCUT2D eigenvalue weighted by molar-refractivity contribution is 6.03. The van der Waals surface area contributed by atoms with Crippen LogP contribution in [0.4, 0.5) is 11.6 Å². The lowest BCUT2D eigenvalue weighted by atomic mass is 9.99. The number of rotatable bonds is 7. The second kappa shape index (κ2) is 9.21. The van der Waals surface area contributed by atoms with Crippen molar-refractivity contribution in [3.63, 3.8) is 0 Å². The minimum Gasteiger partial charge on any atom is -0.396 e. The van der Waals surface area contributed by atoms with Gasteiger partial charge in [-0.3, -0.25) is 9.78 Å². The number of aryl methyl sites for hydroxylation is 1. The lowest BCUT2D eigenvalue weighted by Gasteiger charge is -2.36. The Kier molecular flexibility index (Phi) is 6.23. The second-order valence-corrected chi connectivity index (χ2v) is 7.71. The van der Waals surface area contributed by atoms with Gasteiger partial charge in [0, 0.05) is 43.2 Å². The first-order valence-corrected chi connectivity index (χ1v) is 10.7. The number of nitrogens with one attached hydrogen (secondary N) is 1. The van der Waals surface area contributed by atoms with Gasteiger partial charge in [-0.2, -0.15) is 9.61 Å². The molecule has 1 saturated heterocycles. The first-order chi connectivity index (χ1) is 14.7. The van der Waals surface area contributed by atoms with Gasteiger partial charge in [0.2, 0.25) is 0 Å². The second-order valence-electron chi connectivity index (χ2n) is 7.71. The summed E-state index contributed by atoms with van der Waals surface area (Å²) in [5, 5.41) is 17.0. The average molecular weight is 409 g/mol. The standard InChI is InChI=1S/C22H28N6O2/c1-2-6-16-15-24-28-20(26-22(30)17-7-5-10-23-14-17)13-19(25-21(16)28)27-11-4-3-8-18(27)9-12-29/h5,7,10,13-15,18,29H,2-4,6,8-9,11-12H2,1H3,(H,26,30). The Labute approximate surface area is 176 Å². The molecule has 3 aromatic rings. The summed E-state index contributed by atoms with van der Waals surface area (Å²) < 4.78 is 1.70. The quantitative estimate of drug-likeness (QED) is 0.624. The number of hydrogen-bond donors (Lipinski definition) is 2. The van der Waals surface area contributed by atoms with Crippen LogP contribution in [0.25, 0.3) is 5.65 Å². The zero-order chi connectivity index (χ0) is 20.9. The van der Waals surface area contributed by atoms with Crippen LogP contribution in [0.2, 0.25) is 0 Å². The number of aliphatic hydroxyl groups is 1. The molecule has 1 amide bonds. The van der Waals surface area contributed by atoms with Gasteiger partial charge in [0.05, 0.1) is 11.8 Å². The summed E-state index contributed by atoms with van der Waals surface area (Å²) in [5.74, 6) is 1.17. The van der Waals surface area contributed by atoms with Crippen molar-refractivity contribution in [2.75, 3.05) is 23.4 Å². The van der Waals surface area contributed by atoms with Gasteiger partial charge in [-0.05, 0) is 44.2 Å². The van der Waals surface area contributed by atoms with Crippen LogP contribution < -0.4 is 10.2 Å². The van der Waals surface area contributed by atoms with E-state index in [9.17, 15) is 9.90 Å². The first-order valence-electron chi connectivity index (χ1n) is 10.7. The third-order valence-corrected chi connectivity index (χ3v) is 5.60. The van der Waals surface area contributed by atoms with Crippen molar-refractivity contribution in [2.24, 2.45) is 0 Å². The summed E-state index contributed by atoms with van der Waals surface area (Å²) in [5.41, 5.74) is 2.32. The maximum atomic E-state index is 12.8. The van der Waals surface area contributed by atoms with Gasteiger partial charge in [-0.25, -0.2) is 4.98 Å². The van der Waals surface area contributed by atoms with Gasteiger partial charge >= 0.3 is 0 Å². The number of piperidine rings is 1. The predicted molar refractivity (Wildman–Crippen MR) is 116 cm³/mol. The lowest BCUT2D eigenvalue weighted by molar-refractivity contribution is 0.102. The van der Waals surface area contributed by atoms with E-state index < -0.39 is 0 Å². The van der Waals surface area contributed by atoms with Crippen molar-refractivity contribution in [3.05, 3.63) is 47.9 Å². The van der Waals surface area contributed by atoms with E-state index in [0.29, 0.717) is 17.8 Å². The maximum absolute atomic E-state index is 12.8. The van der Waals surface area contributed by atoms with Crippen molar-refractivity contribution in [2.45, 2.75) is 51.5 Å². The lowest BCUT2D eigenvalue weighted by Crippen LogP contribution is -2.40. The van der Waals surface area contributed by atoms with E-state index in [1.165, 1.54) is 0 Å². The van der Waals surface area contributed by atoms with E-state index in [2.05, 4.69) is 27.2 Å². The molecule has 1 aliphatic heterocycles. The van der Waals surface area contributed by atoms with Crippen LogP contribution in [0, 0.1) is 0 Å². The fourth-order valence-corrected chi connectivity index (χ4v) is 4.11. The van der Waals surface area contributed by atoms with Crippen LogP contribution in [0.1, 0.15) is 54.9 Å². The smallest absolute Gasteiger partial charge is 0.258 e. The summed E-state index contributed by atoms with van der Waals surface area (Å²) >= 11 is 0. The fourth-order valence-electron chi connectivity index (χ4n) is 4.11. The summed E-state index contributed by atoms with van der Waals surface area (Å²) in [7, 11) is 0. The minimum atomic E-state index is -0.236. The van der Waals surface area contributed by atoms with Crippen LogP contribution >= 0.6 is 0 Å². The number of hydrogen-bond acceptors (Lipinski definition) is 6. The zero-order valence-electron chi connectivity index (χ0n) is 17.3. The topological polar surface area (TPSA) is 95.7 Å². The highest BCUT2D eigenvalue weighted by Gasteiger charge is 2.25. The van der Waals surface area contributed by atoms with E-state index in [4.69, 9.17) is 4.98 Å². The minimum absolute atomic E-state index is 0.155. The molecular formula is C22H28N6O2. The van der Waals surface area contributed by atoms with Crippen molar-refractivity contribution in [1.29, 1.82) is 0 Å². The van der Waals surface area contributed by atoms with Gasteiger partial charge in [-0.15, -0.1) is 0 Å². The number of fused-ring (bicyclic) bond motifs is 1. The van der Waals surface area contributed by atoms with Crippen LogP contribution in [-0.2, 0) is 6.42 Å². The van der Waals surface area contributed by atoms with Gasteiger partial charge < -0.3 is 15.3 Å². The van der Waals surface area contributed by atoms with Crippen LogP contribution in [-0.4, -0.2) is 49.8 Å². The molecular weight excluding hydrogens is 380 g/mol. The van der Waals surface area contributed by atoms with Gasteiger partial charge in [0.15, 0.2) is 5.65 Å². The predicted octanol–water partition coefficient (Wildman–Crippen LogP) is 3.07. The van der Waals surface area contributed by atoms with Gasteiger partial charge in [-0.1, -0.05) is 13.3 Å². The molecule has 2 N–H and O–H groups in total. The third kappa shape index (κ3) is 4.14. The molecule has 1 atom stereocenters. The molecule has 0 bridgehead atoms. The van der Waals surface area contributed by atoms with E-state index >= 15 is 0 Å². The fraction of sp³-hybridized carbons (Fsp3) is 0.455. The van der Waals surface area contributed by atoms with Crippen molar-refractivity contribution in [3.8, 4) is 0 Å². The molecule has 158 valence electrons. The highest BCUT2D eigenvalue weighted by atomic mass is 16.3. The number of pyridine rings is 1. The van der Waals surface area contributed by atoms with Crippen molar-refractivity contribution in [1.82, 2.24) is 19.6 Å². The number of anilines is 2. The monoisotopic (exact) mass is 408 g/mol. The summed E-state index contributed by atoms with van der Waals surface area (Å²) in [6.07, 6.45) is 10.9. The van der Waals surface area contributed by atoms with Crippen molar-refractivity contribution >= 4 is 23.2 Å². The van der Waals surface area contributed by atoms with E-state index in [1.54, 1.807) is 29.0 Å². The molecule has 0 spiro atoms. The van der Waals surface area contributed by atoms with E-state index in [0.717, 1.165) is 55.7 Å². The molecule has 1 aliphatic rings. The number of carbonyl (C=O) groups is 1. The van der Waals surface area contributed by atoms with E-state index in [-0.39, 0.29) is 18.6 Å².